The predicted octanol–water partition coefficient (Wildman–Crippen LogP) is 4.83. The number of aromatic nitrogens is 1. The number of benzene rings is 2. The lowest BCUT2D eigenvalue weighted by Crippen LogP contribution is -2.32. The third kappa shape index (κ3) is 3.83. The Bertz CT molecular complexity index is 967. The third-order valence-electron chi connectivity index (χ3n) is 6.01. The maximum absolute atomic E-state index is 6.51. The molecule has 0 unspecified atom stereocenters. The van der Waals surface area contributed by atoms with E-state index in [2.05, 4.69) is 42.3 Å². The Balaban J connectivity index is 1.42. The van der Waals surface area contributed by atoms with Crippen LogP contribution >= 0.6 is 0 Å². The van der Waals surface area contributed by atoms with E-state index in [0.29, 0.717) is 17.8 Å². The maximum atomic E-state index is 6.51. The molecule has 5 N–H and O–H groups in total. The van der Waals surface area contributed by atoms with E-state index in [1.807, 2.05) is 24.3 Å². The van der Waals surface area contributed by atoms with Crippen molar-refractivity contribution in [1.82, 2.24) is 10.3 Å². The van der Waals surface area contributed by atoms with E-state index < -0.39 is 0 Å². The molecule has 0 radical (unpaired) electrons. The second-order valence-electron chi connectivity index (χ2n) is 8.27. The van der Waals surface area contributed by atoms with E-state index in [1.165, 1.54) is 16.7 Å². The fraction of sp³-hybridized carbons (Fsp3) is 0.375. The molecule has 0 spiro atoms. The zero-order valence-corrected chi connectivity index (χ0v) is 16.8. The average molecular weight is 375 g/mol. The Morgan fingerprint density at radius 2 is 1.64 bits per heavy atom. The molecule has 146 valence electrons. The van der Waals surface area contributed by atoms with Crippen LogP contribution in [-0.2, 0) is 6.54 Å². The quantitative estimate of drug-likeness (QED) is 0.611. The van der Waals surface area contributed by atoms with Crippen LogP contribution in [0, 0.1) is 13.8 Å². The van der Waals surface area contributed by atoms with Gasteiger partial charge >= 0.3 is 0 Å². The normalized spacial score (nSPS) is 19.8. The van der Waals surface area contributed by atoms with Gasteiger partial charge in [-0.15, -0.1) is 0 Å². The lowest BCUT2D eigenvalue weighted by atomic mass is 9.80. The van der Waals surface area contributed by atoms with Crippen molar-refractivity contribution in [2.24, 2.45) is 0 Å². The molecule has 0 saturated heterocycles. The zero-order valence-electron chi connectivity index (χ0n) is 16.8. The van der Waals surface area contributed by atoms with Crippen LogP contribution in [0.1, 0.15) is 53.9 Å². The van der Waals surface area contributed by atoms with Crippen molar-refractivity contribution >= 4 is 22.4 Å². The standard InChI is InChI=1S/C24H30N4/c1-15-11-16(2)13-17(12-15)14-27-19-9-7-18(8-10-19)22-23(25)20-5-3-4-6-21(20)28-24(22)26/h3-6,11-13,18-19,27H,7-10,14H2,1-2H3,(H4,25,26,28). The average Bonchev–Trinajstić information content (AvgIpc) is 2.67. The van der Waals surface area contributed by atoms with Gasteiger partial charge in [-0.3, -0.25) is 0 Å². The van der Waals surface area contributed by atoms with Crippen LogP contribution < -0.4 is 16.8 Å². The Labute approximate surface area is 167 Å². The molecule has 0 amide bonds. The van der Waals surface area contributed by atoms with Gasteiger partial charge in [-0.2, -0.15) is 0 Å². The summed E-state index contributed by atoms with van der Waals surface area (Å²) < 4.78 is 0. The molecule has 0 aliphatic heterocycles. The van der Waals surface area contributed by atoms with Gasteiger partial charge in [0.15, 0.2) is 0 Å². The van der Waals surface area contributed by atoms with Gasteiger partial charge in [0.2, 0.25) is 0 Å². The van der Waals surface area contributed by atoms with Gasteiger partial charge in [-0.1, -0.05) is 47.5 Å². The van der Waals surface area contributed by atoms with E-state index >= 15 is 0 Å². The molecule has 1 aliphatic rings. The zero-order chi connectivity index (χ0) is 19.7. The summed E-state index contributed by atoms with van der Waals surface area (Å²) in [7, 11) is 0. The third-order valence-corrected chi connectivity index (χ3v) is 6.01. The maximum Gasteiger partial charge on any atom is 0.129 e. The predicted molar refractivity (Wildman–Crippen MR) is 118 cm³/mol. The number of pyridine rings is 1. The summed E-state index contributed by atoms with van der Waals surface area (Å²) in [6.07, 6.45) is 4.47. The molecule has 0 bridgehead atoms. The van der Waals surface area contributed by atoms with E-state index in [9.17, 15) is 0 Å². The van der Waals surface area contributed by atoms with E-state index in [0.717, 1.165) is 54.4 Å². The van der Waals surface area contributed by atoms with E-state index in [4.69, 9.17) is 11.5 Å². The number of para-hydroxylation sites is 1. The van der Waals surface area contributed by atoms with Crippen LogP contribution in [-0.4, -0.2) is 11.0 Å². The number of nitrogen functional groups attached to an aromatic ring is 2. The number of nitrogens with two attached hydrogens (primary N) is 2. The summed E-state index contributed by atoms with van der Waals surface area (Å²) in [4.78, 5) is 4.61. The SMILES string of the molecule is Cc1cc(C)cc(CNC2CCC(c3c(N)nc4ccccc4c3N)CC2)c1. The van der Waals surface area contributed by atoms with Gasteiger partial charge in [0, 0.05) is 29.2 Å². The first kappa shape index (κ1) is 18.8. The minimum absolute atomic E-state index is 0.399. The molecule has 1 aliphatic carbocycles. The number of rotatable bonds is 4. The summed E-state index contributed by atoms with van der Waals surface area (Å²) in [5.74, 6) is 0.999. The van der Waals surface area contributed by atoms with Gasteiger partial charge in [-0.25, -0.2) is 4.98 Å². The van der Waals surface area contributed by atoms with Crippen molar-refractivity contribution < 1.29 is 0 Å². The van der Waals surface area contributed by atoms with Gasteiger partial charge < -0.3 is 16.8 Å². The Hall–Kier alpha value is -2.59. The molecule has 28 heavy (non-hydrogen) atoms. The Morgan fingerprint density at radius 1 is 0.964 bits per heavy atom. The minimum Gasteiger partial charge on any atom is -0.398 e. The van der Waals surface area contributed by atoms with Gasteiger partial charge in [0.25, 0.3) is 0 Å². The van der Waals surface area contributed by atoms with Crippen LogP contribution in [0.5, 0.6) is 0 Å². The fourth-order valence-corrected chi connectivity index (χ4v) is 4.72. The monoisotopic (exact) mass is 374 g/mol. The van der Waals surface area contributed by atoms with Crippen molar-refractivity contribution in [2.45, 2.75) is 58.0 Å². The highest BCUT2D eigenvalue weighted by Gasteiger charge is 2.26. The summed E-state index contributed by atoms with van der Waals surface area (Å²) in [5, 5.41) is 4.76. The number of aryl methyl sites for hydroxylation is 2. The van der Waals surface area contributed by atoms with Crippen LogP contribution in [0.4, 0.5) is 11.5 Å². The molecule has 4 nitrogen and oxygen atoms in total. The van der Waals surface area contributed by atoms with Crippen molar-refractivity contribution in [3.05, 3.63) is 64.7 Å². The molecular formula is C24H30N4. The number of fused-ring (bicyclic) bond motifs is 1. The van der Waals surface area contributed by atoms with Crippen molar-refractivity contribution in [2.75, 3.05) is 11.5 Å². The highest BCUT2D eigenvalue weighted by atomic mass is 14.9. The fourth-order valence-electron chi connectivity index (χ4n) is 4.72. The molecule has 1 saturated carbocycles. The first-order valence-corrected chi connectivity index (χ1v) is 10.3. The lowest BCUT2D eigenvalue weighted by molar-refractivity contribution is 0.342. The Kier molecular flexibility index (Phi) is 5.23. The second-order valence-corrected chi connectivity index (χ2v) is 8.27. The molecule has 1 heterocycles. The van der Waals surface area contributed by atoms with Crippen molar-refractivity contribution in [3.63, 3.8) is 0 Å². The van der Waals surface area contributed by atoms with Crippen LogP contribution in [0.2, 0.25) is 0 Å². The van der Waals surface area contributed by atoms with Crippen molar-refractivity contribution in [3.8, 4) is 0 Å². The van der Waals surface area contributed by atoms with Gasteiger partial charge in [0.1, 0.15) is 5.82 Å². The summed E-state index contributed by atoms with van der Waals surface area (Å²) in [6, 6.07) is 15.3. The minimum atomic E-state index is 0.399. The Morgan fingerprint density at radius 3 is 2.36 bits per heavy atom. The van der Waals surface area contributed by atoms with E-state index in [-0.39, 0.29) is 0 Å². The number of nitrogens with zero attached hydrogens (tertiary/aromatic N) is 1. The molecule has 4 rings (SSSR count). The number of hydrogen-bond acceptors (Lipinski definition) is 4. The largest absolute Gasteiger partial charge is 0.398 e. The summed E-state index contributed by atoms with van der Waals surface area (Å²) in [6.45, 7) is 5.25. The molecule has 4 heteroatoms. The second kappa shape index (κ2) is 7.80. The smallest absolute Gasteiger partial charge is 0.129 e. The first-order chi connectivity index (χ1) is 13.5. The number of hydrogen-bond donors (Lipinski definition) is 3. The first-order valence-electron chi connectivity index (χ1n) is 10.3. The van der Waals surface area contributed by atoms with E-state index in [1.54, 1.807) is 0 Å². The number of anilines is 2. The van der Waals surface area contributed by atoms with Crippen LogP contribution in [0.25, 0.3) is 10.9 Å². The number of nitrogens with one attached hydrogen (secondary N) is 1. The summed E-state index contributed by atoms with van der Waals surface area (Å²) >= 11 is 0. The molecule has 2 aromatic carbocycles. The molecule has 3 aromatic rings. The van der Waals surface area contributed by atoms with Crippen LogP contribution in [0.3, 0.4) is 0 Å². The highest BCUT2D eigenvalue weighted by molar-refractivity contribution is 5.94. The van der Waals surface area contributed by atoms with Gasteiger partial charge in [0.05, 0.1) is 5.52 Å². The van der Waals surface area contributed by atoms with Crippen LogP contribution in [0.15, 0.2) is 42.5 Å². The molecule has 1 fully saturated rings. The molecular weight excluding hydrogens is 344 g/mol. The lowest BCUT2D eigenvalue weighted by Gasteiger charge is -2.31. The summed E-state index contributed by atoms with van der Waals surface area (Å²) in [5.41, 5.74) is 19.6. The molecule has 1 aromatic heterocycles. The topological polar surface area (TPSA) is 77.0 Å². The molecule has 0 atom stereocenters. The highest BCUT2D eigenvalue weighted by Crippen LogP contribution is 2.40. The van der Waals surface area contributed by atoms with Crippen molar-refractivity contribution in [1.29, 1.82) is 0 Å². The van der Waals surface area contributed by atoms with Gasteiger partial charge in [-0.05, 0) is 57.1 Å².